The van der Waals surface area contributed by atoms with Gasteiger partial charge < -0.3 is 24.9 Å². The van der Waals surface area contributed by atoms with Crippen LogP contribution in [-0.4, -0.2) is 75.2 Å². The summed E-state index contributed by atoms with van der Waals surface area (Å²) in [5, 5.41) is 3.04. The summed E-state index contributed by atoms with van der Waals surface area (Å²) in [6.07, 6.45) is 0. The van der Waals surface area contributed by atoms with Crippen LogP contribution in [0.3, 0.4) is 0 Å². The number of hydrogen-bond donors (Lipinski definition) is 1. The van der Waals surface area contributed by atoms with Gasteiger partial charge in [-0.25, -0.2) is 4.79 Å². The molecular formula is C23H31N5O. The number of rotatable bonds is 3. The Labute approximate surface area is 173 Å². The van der Waals surface area contributed by atoms with Gasteiger partial charge in [-0.1, -0.05) is 18.2 Å². The molecule has 0 atom stereocenters. The van der Waals surface area contributed by atoms with E-state index in [4.69, 9.17) is 0 Å². The highest BCUT2D eigenvalue weighted by molar-refractivity contribution is 5.90. The highest BCUT2D eigenvalue weighted by Crippen LogP contribution is 2.23. The van der Waals surface area contributed by atoms with Crippen molar-refractivity contribution in [3.63, 3.8) is 0 Å². The first-order valence-corrected chi connectivity index (χ1v) is 10.5. The molecule has 2 aromatic rings. The van der Waals surface area contributed by atoms with E-state index >= 15 is 0 Å². The van der Waals surface area contributed by atoms with Crippen LogP contribution >= 0.6 is 0 Å². The van der Waals surface area contributed by atoms with E-state index in [-0.39, 0.29) is 6.03 Å². The molecule has 0 saturated carbocycles. The first-order valence-electron chi connectivity index (χ1n) is 10.5. The van der Waals surface area contributed by atoms with Crippen molar-refractivity contribution in [1.29, 1.82) is 0 Å². The SMILES string of the molecule is Cc1ccccc1NC(=O)N1CCN(c2ccc(N3CCN(C)CC3)cc2)CC1. The molecule has 6 nitrogen and oxygen atoms in total. The fourth-order valence-electron chi connectivity index (χ4n) is 4.01. The van der Waals surface area contributed by atoms with Gasteiger partial charge in [0.1, 0.15) is 0 Å². The number of aryl methyl sites for hydroxylation is 1. The van der Waals surface area contributed by atoms with E-state index in [0.717, 1.165) is 63.6 Å². The second-order valence-corrected chi connectivity index (χ2v) is 8.03. The average Bonchev–Trinajstić information content (AvgIpc) is 2.76. The smallest absolute Gasteiger partial charge is 0.321 e. The molecule has 1 N–H and O–H groups in total. The van der Waals surface area contributed by atoms with Gasteiger partial charge in [-0.2, -0.15) is 0 Å². The summed E-state index contributed by atoms with van der Waals surface area (Å²) in [6.45, 7) is 9.61. The Morgan fingerprint density at radius 1 is 0.759 bits per heavy atom. The fraction of sp³-hybridized carbons (Fsp3) is 0.435. The molecule has 0 radical (unpaired) electrons. The molecule has 0 unspecified atom stereocenters. The van der Waals surface area contributed by atoms with Crippen molar-refractivity contribution in [1.82, 2.24) is 9.80 Å². The van der Waals surface area contributed by atoms with Crippen LogP contribution in [0.5, 0.6) is 0 Å². The molecule has 6 heteroatoms. The highest BCUT2D eigenvalue weighted by atomic mass is 16.2. The third-order valence-corrected chi connectivity index (χ3v) is 6.04. The normalized spacial score (nSPS) is 18.1. The molecule has 2 aliphatic heterocycles. The number of urea groups is 1. The molecule has 2 aliphatic rings. The number of carbonyl (C=O) groups is 1. The largest absolute Gasteiger partial charge is 0.369 e. The highest BCUT2D eigenvalue weighted by Gasteiger charge is 2.22. The molecule has 2 aromatic carbocycles. The quantitative estimate of drug-likeness (QED) is 0.870. The predicted octanol–water partition coefficient (Wildman–Crippen LogP) is 3.10. The first kappa shape index (κ1) is 19.6. The molecule has 0 bridgehead atoms. The maximum absolute atomic E-state index is 12.6. The van der Waals surface area contributed by atoms with Gasteiger partial charge in [0.25, 0.3) is 0 Å². The fourth-order valence-corrected chi connectivity index (χ4v) is 4.01. The van der Waals surface area contributed by atoms with E-state index in [1.54, 1.807) is 0 Å². The Bertz CT molecular complexity index is 821. The van der Waals surface area contributed by atoms with E-state index in [0.29, 0.717) is 0 Å². The van der Waals surface area contributed by atoms with Gasteiger partial charge in [-0.05, 0) is 49.9 Å². The topological polar surface area (TPSA) is 42.1 Å². The minimum Gasteiger partial charge on any atom is -0.369 e. The first-order chi connectivity index (χ1) is 14.1. The summed E-state index contributed by atoms with van der Waals surface area (Å²) in [5.41, 5.74) is 4.51. The number of nitrogens with zero attached hydrogens (tertiary/aromatic N) is 4. The number of piperazine rings is 2. The minimum atomic E-state index is -0.00985. The molecule has 2 fully saturated rings. The van der Waals surface area contributed by atoms with Crippen molar-refractivity contribution in [3.8, 4) is 0 Å². The Balaban J connectivity index is 1.30. The van der Waals surface area contributed by atoms with Crippen LogP contribution in [0.25, 0.3) is 0 Å². The van der Waals surface area contributed by atoms with Gasteiger partial charge in [0.2, 0.25) is 0 Å². The summed E-state index contributed by atoms with van der Waals surface area (Å²) in [5.74, 6) is 0. The molecule has 154 valence electrons. The number of benzene rings is 2. The van der Waals surface area contributed by atoms with Crippen molar-refractivity contribution < 1.29 is 4.79 Å². The number of anilines is 3. The molecular weight excluding hydrogens is 362 g/mol. The van der Waals surface area contributed by atoms with E-state index in [9.17, 15) is 4.79 Å². The maximum Gasteiger partial charge on any atom is 0.321 e. The zero-order chi connectivity index (χ0) is 20.2. The maximum atomic E-state index is 12.6. The number of para-hydroxylation sites is 1. The van der Waals surface area contributed by atoms with Gasteiger partial charge in [-0.15, -0.1) is 0 Å². The number of carbonyl (C=O) groups excluding carboxylic acids is 1. The lowest BCUT2D eigenvalue weighted by molar-refractivity contribution is 0.208. The summed E-state index contributed by atoms with van der Waals surface area (Å²) in [6, 6.07) is 16.8. The molecule has 4 rings (SSSR count). The van der Waals surface area contributed by atoms with Crippen molar-refractivity contribution >= 4 is 23.1 Å². The lowest BCUT2D eigenvalue weighted by Crippen LogP contribution is -2.50. The molecule has 0 aromatic heterocycles. The molecule has 2 saturated heterocycles. The number of amides is 2. The molecule has 2 heterocycles. The zero-order valence-corrected chi connectivity index (χ0v) is 17.5. The van der Waals surface area contributed by atoms with E-state index < -0.39 is 0 Å². The standard InChI is InChI=1S/C23H31N5O/c1-19-5-3-4-6-22(19)24-23(29)28-17-15-27(16-18-28)21-9-7-20(8-10-21)26-13-11-25(2)12-14-26/h3-10H,11-18H2,1-2H3,(H,24,29). The van der Waals surface area contributed by atoms with E-state index in [1.165, 1.54) is 11.4 Å². The molecule has 2 amide bonds. The van der Waals surface area contributed by atoms with Gasteiger partial charge in [-0.3, -0.25) is 0 Å². The van der Waals surface area contributed by atoms with Gasteiger partial charge in [0.15, 0.2) is 0 Å². The Kier molecular flexibility index (Phi) is 5.90. The van der Waals surface area contributed by atoms with Gasteiger partial charge in [0, 0.05) is 69.4 Å². The molecule has 29 heavy (non-hydrogen) atoms. The van der Waals surface area contributed by atoms with E-state index in [1.807, 2.05) is 36.1 Å². The summed E-state index contributed by atoms with van der Waals surface area (Å²) < 4.78 is 0. The van der Waals surface area contributed by atoms with Crippen LogP contribution in [0.2, 0.25) is 0 Å². The van der Waals surface area contributed by atoms with Gasteiger partial charge in [0.05, 0.1) is 0 Å². The lowest BCUT2D eigenvalue weighted by Gasteiger charge is -2.37. The number of nitrogens with one attached hydrogen (secondary N) is 1. The second-order valence-electron chi connectivity index (χ2n) is 8.03. The van der Waals surface area contributed by atoms with Crippen LogP contribution in [-0.2, 0) is 0 Å². The second kappa shape index (κ2) is 8.74. The Morgan fingerprint density at radius 3 is 1.83 bits per heavy atom. The van der Waals surface area contributed by atoms with Crippen LogP contribution in [0.4, 0.5) is 21.9 Å². The summed E-state index contributed by atoms with van der Waals surface area (Å²) in [7, 11) is 2.18. The van der Waals surface area contributed by atoms with Crippen molar-refractivity contribution in [2.45, 2.75) is 6.92 Å². The van der Waals surface area contributed by atoms with Crippen LogP contribution in [0.15, 0.2) is 48.5 Å². The van der Waals surface area contributed by atoms with Crippen LogP contribution < -0.4 is 15.1 Å². The minimum absolute atomic E-state index is 0.00985. The third-order valence-electron chi connectivity index (χ3n) is 6.04. The van der Waals surface area contributed by atoms with Crippen molar-refractivity contribution in [2.75, 3.05) is 74.5 Å². The van der Waals surface area contributed by atoms with Crippen LogP contribution in [0, 0.1) is 6.92 Å². The Hall–Kier alpha value is -2.73. The number of likely N-dealkylation sites (N-methyl/N-ethyl adjacent to an activating group) is 1. The monoisotopic (exact) mass is 393 g/mol. The Morgan fingerprint density at radius 2 is 1.28 bits per heavy atom. The third kappa shape index (κ3) is 4.65. The van der Waals surface area contributed by atoms with Crippen molar-refractivity contribution in [2.24, 2.45) is 0 Å². The number of hydrogen-bond acceptors (Lipinski definition) is 4. The zero-order valence-electron chi connectivity index (χ0n) is 17.5. The predicted molar refractivity (Wildman–Crippen MR) is 120 cm³/mol. The summed E-state index contributed by atoms with van der Waals surface area (Å²) in [4.78, 5) is 21.7. The summed E-state index contributed by atoms with van der Waals surface area (Å²) >= 11 is 0. The van der Waals surface area contributed by atoms with Crippen molar-refractivity contribution in [3.05, 3.63) is 54.1 Å². The van der Waals surface area contributed by atoms with E-state index in [2.05, 4.69) is 51.3 Å². The lowest BCUT2D eigenvalue weighted by atomic mass is 10.2. The van der Waals surface area contributed by atoms with Crippen LogP contribution in [0.1, 0.15) is 5.56 Å². The molecule has 0 aliphatic carbocycles. The average molecular weight is 394 g/mol. The molecule has 0 spiro atoms. The van der Waals surface area contributed by atoms with Gasteiger partial charge >= 0.3 is 6.03 Å².